The summed E-state index contributed by atoms with van der Waals surface area (Å²) in [5, 5.41) is 12.0. The molecule has 2 bridgehead atoms. The number of hydrogen-bond acceptors (Lipinski definition) is 4. The van der Waals surface area contributed by atoms with Crippen LogP contribution in [0.4, 0.5) is 0 Å². The van der Waals surface area contributed by atoms with E-state index in [4.69, 9.17) is 14.6 Å². The van der Waals surface area contributed by atoms with Crippen molar-refractivity contribution in [2.24, 2.45) is 10.8 Å². The molecule has 1 unspecified atom stereocenters. The molecular weight excluding hydrogens is 262 g/mol. The van der Waals surface area contributed by atoms with Gasteiger partial charge in [-0.05, 0) is 5.41 Å². The molecule has 0 aromatic rings. The van der Waals surface area contributed by atoms with Gasteiger partial charge in [0.25, 0.3) is 5.91 Å². The number of carboxylic acid groups (broad SMARTS) is 1. The van der Waals surface area contributed by atoms with Crippen LogP contribution in [-0.2, 0) is 19.1 Å². The number of nitrogens with one attached hydrogen (secondary N) is 1. The van der Waals surface area contributed by atoms with Crippen LogP contribution in [0.1, 0.15) is 33.6 Å². The van der Waals surface area contributed by atoms with Gasteiger partial charge in [0.15, 0.2) is 0 Å². The normalized spacial score (nSPS) is 33.4. The zero-order chi connectivity index (χ0) is 15.2. The molecule has 1 atom stereocenters. The van der Waals surface area contributed by atoms with Crippen LogP contribution >= 0.6 is 0 Å². The van der Waals surface area contributed by atoms with Crippen LogP contribution in [0.2, 0.25) is 0 Å². The van der Waals surface area contributed by atoms with Crippen LogP contribution in [0.3, 0.4) is 0 Å². The summed E-state index contributed by atoms with van der Waals surface area (Å²) >= 11 is 0. The minimum atomic E-state index is -0.936. The zero-order valence-electron chi connectivity index (χ0n) is 12.5. The summed E-state index contributed by atoms with van der Waals surface area (Å²) in [6, 6.07) is 0. The first-order valence-corrected chi connectivity index (χ1v) is 6.84. The second-order valence-corrected chi connectivity index (χ2v) is 7.02. The second kappa shape index (κ2) is 4.70. The molecule has 20 heavy (non-hydrogen) atoms. The Morgan fingerprint density at radius 3 is 2.40 bits per heavy atom. The molecule has 2 aliphatic heterocycles. The van der Waals surface area contributed by atoms with Crippen molar-refractivity contribution in [3.63, 3.8) is 0 Å². The fraction of sp³-hybridized carbons (Fsp3) is 0.857. The van der Waals surface area contributed by atoms with Crippen molar-refractivity contribution in [1.29, 1.82) is 0 Å². The lowest BCUT2D eigenvalue weighted by atomic mass is 9.62. The fourth-order valence-corrected chi connectivity index (χ4v) is 3.05. The van der Waals surface area contributed by atoms with E-state index in [1.54, 1.807) is 7.11 Å². The van der Waals surface area contributed by atoms with E-state index in [0.717, 1.165) is 0 Å². The molecule has 3 fully saturated rings. The predicted octanol–water partition coefficient (Wildman–Crippen LogP) is 0.797. The molecule has 0 spiro atoms. The standard InChI is InChI=1S/C14H23NO5/c1-12(2,3)9(19-4)5-15-10(16)14-6-13(7-14,8-20-14)11(17)18/h9H,5-8H2,1-4H3,(H,15,16)(H,17,18). The Morgan fingerprint density at radius 1 is 1.40 bits per heavy atom. The van der Waals surface area contributed by atoms with E-state index < -0.39 is 17.0 Å². The summed E-state index contributed by atoms with van der Waals surface area (Å²) in [5.41, 5.74) is -1.86. The highest BCUT2D eigenvalue weighted by Gasteiger charge is 2.70. The van der Waals surface area contributed by atoms with Crippen LogP contribution in [0, 0.1) is 10.8 Å². The van der Waals surface area contributed by atoms with Crippen molar-refractivity contribution in [3.8, 4) is 0 Å². The van der Waals surface area contributed by atoms with E-state index in [9.17, 15) is 9.59 Å². The SMILES string of the molecule is COC(CNC(=O)C12CC(C(=O)O)(CO1)C2)C(C)(C)C. The molecule has 1 saturated carbocycles. The number of hydrogen-bond donors (Lipinski definition) is 2. The third kappa shape index (κ3) is 2.31. The summed E-state index contributed by atoms with van der Waals surface area (Å²) in [4.78, 5) is 23.4. The van der Waals surface area contributed by atoms with Gasteiger partial charge in [-0.1, -0.05) is 20.8 Å². The third-order valence-electron chi connectivity index (χ3n) is 4.44. The number of rotatable bonds is 5. The first-order chi connectivity index (χ1) is 9.15. The van der Waals surface area contributed by atoms with E-state index in [1.165, 1.54) is 0 Å². The topological polar surface area (TPSA) is 84.9 Å². The molecule has 114 valence electrons. The molecule has 1 aliphatic carbocycles. The minimum Gasteiger partial charge on any atom is -0.481 e. The van der Waals surface area contributed by atoms with E-state index in [2.05, 4.69) is 5.32 Å². The first-order valence-electron chi connectivity index (χ1n) is 6.84. The number of carboxylic acids is 1. The van der Waals surface area contributed by atoms with E-state index in [-0.39, 0.29) is 36.9 Å². The second-order valence-electron chi connectivity index (χ2n) is 7.02. The quantitative estimate of drug-likeness (QED) is 0.780. The highest BCUT2D eigenvalue weighted by atomic mass is 16.5. The molecule has 0 aromatic carbocycles. The Balaban J connectivity index is 1.91. The average Bonchev–Trinajstić information content (AvgIpc) is 2.83. The fourth-order valence-electron chi connectivity index (χ4n) is 3.05. The average molecular weight is 285 g/mol. The van der Waals surface area contributed by atoms with Gasteiger partial charge < -0.3 is 19.9 Å². The molecule has 3 aliphatic rings. The monoisotopic (exact) mass is 285 g/mol. The van der Waals surface area contributed by atoms with Crippen molar-refractivity contribution in [2.75, 3.05) is 20.3 Å². The van der Waals surface area contributed by atoms with Gasteiger partial charge in [-0.2, -0.15) is 0 Å². The van der Waals surface area contributed by atoms with Gasteiger partial charge in [0, 0.05) is 26.5 Å². The van der Waals surface area contributed by atoms with E-state index in [0.29, 0.717) is 6.54 Å². The van der Waals surface area contributed by atoms with Crippen molar-refractivity contribution in [3.05, 3.63) is 0 Å². The van der Waals surface area contributed by atoms with Crippen molar-refractivity contribution >= 4 is 11.9 Å². The number of amides is 1. The smallest absolute Gasteiger partial charge is 0.312 e. The number of methoxy groups -OCH3 is 1. The maximum atomic E-state index is 12.2. The Labute approximate surface area is 118 Å². The molecular formula is C14H23NO5. The highest BCUT2D eigenvalue weighted by Crippen LogP contribution is 2.58. The van der Waals surface area contributed by atoms with Crippen LogP contribution in [0.25, 0.3) is 0 Å². The number of carbonyl (C=O) groups excluding carboxylic acids is 1. The lowest BCUT2D eigenvalue weighted by Crippen LogP contribution is -2.58. The van der Waals surface area contributed by atoms with Crippen LogP contribution in [0.15, 0.2) is 0 Å². The highest BCUT2D eigenvalue weighted by molar-refractivity contribution is 5.92. The molecule has 2 N–H and O–H groups in total. The summed E-state index contributed by atoms with van der Waals surface area (Å²) in [5.74, 6) is -1.10. The van der Waals surface area contributed by atoms with Crippen molar-refractivity contribution < 1.29 is 24.2 Å². The lowest BCUT2D eigenvalue weighted by Gasteiger charge is -2.40. The largest absolute Gasteiger partial charge is 0.481 e. The van der Waals surface area contributed by atoms with Crippen LogP contribution in [-0.4, -0.2) is 48.9 Å². The molecule has 2 saturated heterocycles. The van der Waals surface area contributed by atoms with E-state index >= 15 is 0 Å². The number of ether oxygens (including phenoxy) is 2. The van der Waals surface area contributed by atoms with Gasteiger partial charge in [-0.3, -0.25) is 9.59 Å². The summed E-state index contributed by atoms with van der Waals surface area (Å²) in [7, 11) is 1.62. The zero-order valence-corrected chi connectivity index (χ0v) is 12.5. The third-order valence-corrected chi connectivity index (χ3v) is 4.44. The van der Waals surface area contributed by atoms with Crippen LogP contribution in [0.5, 0.6) is 0 Å². The van der Waals surface area contributed by atoms with Gasteiger partial charge in [0.2, 0.25) is 0 Å². The maximum Gasteiger partial charge on any atom is 0.312 e. The number of fused-ring (bicyclic) bond motifs is 1. The molecule has 1 amide bonds. The lowest BCUT2D eigenvalue weighted by molar-refractivity contribution is -0.159. The van der Waals surface area contributed by atoms with Crippen LogP contribution < -0.4 is 5.32 Å². The Bertz CT molecular complexity index is 420. The Hall–Kier alpha value is -1.14. The van der Waals surface area contributed by atoms with Crippen molar-refractivity contribution in [1.82, 2.24) is 5.32 Å². The summed E-state index contributed by atoms with van der Waals surface area (Å²) < 4.78 is 10.8. The summed E-state index contributed by atoms with van der Waals surface area (Å²) in [6.07, 6.45) is 0.441. The Morgan fingerprint density at radius 2 is 2.00 bits per heavy atom. The van der Waals surface area contributed by atoms with Crippen molar-refractivity contribution in [2.45, 2.75) is 45.3 Å². The minimum absolute atomic E-state index is 0.0827. The van der Waals surface area contributed by atoms with E-state index in [1.807, 2.05) is 20.8 Å². The molecule has 0 radical (unpaired) electrons. The van der Waals surface area contributed by atoms with Gasteiger partial charge >= 0.3 is 5.97 Å². The first kappa shape index (κ1) is 15.3. The van der Waals surface area contributed by atoms with Gasteiger partial charge in [-0.15, -0.1) is 0 Å². The van der Waals surface area contributed by atoms with Gasteiger partial charge in [-0.25, -0.2) is 0 Å². The maximum absolute atomic E-state index is 12.2. The predicted molar refractivity (Wildman–Crippen MR) is 71.2 cm³/mol. The number of aliphatic carboxylic acids is 1. The van der Waals surface area contributed by atoms with Gasteiger partial charge in [0.05, 0.1) is 18.1 Å². The molecule has 3 rings (SSSR count). The molecule has 6 heteroatoms. The summed E-state index contributed by atoms with van der Waals surface area (Å²) in [6.45, 7) is 6.64. The molecule has 2 heterocycles. The molecule has 0 aromatic heterocycles. The number of carbonyl (C=O) groups is 2. The van der Waals surface area contributed by atoms with Gasteiger partial charge in [0.1, 0.15) is 5.60 Å². The molecule has 6 nitrogen and oxygen atoms in total. The Kier molecular flexibility index (Phi) is 3.59.